The summed E-state index contributed by atoms with van der Waals surface area (Å²) < 4.78 is 0. The highest BCUT2D eigenvalue weighted by molar-refractivity contribution is 5.67. The SMILES string of the molecule is CCC#CC[C@H](O)C=C[C@@H]1[C@@H](CC(=O)O)[C@@H](O)C[C@H]1O. The molecule has 0 saturated heterocycles. The lowest BCUT2D eigenvalue weighted by atomic mass is 9.90. The second kappa shape index (κ2) is 8.05. The largest absolute Gasteiger partial charge is 0.481 e. The van der Waals surface area contributed by atoms with Crippen molar-refractivity contribution in [3.63, 3.8) is 0 Å². The van der Waals surface area contributed by atoms with Crippen LogP contribution in [0.15, 0.2) is 12.2 Å². The molecule has 5 atom stereocenters. The van der Waals surface area contributed by atoms with Gasteiger partial charge < -0.3 is 20.4 Å². The average Bonchev–Trinajstić information content (AvgIpc) is 2.62. The van der Waals surface area contributed by atoms with Crippen LogP contribution in [0.2, 0.25) is 0 Å². The first-order chi connectivity index (χ1) is 9.45. The number of aliphatic hydroxyl groups excluding tert-OH is 3. The van der Waals surface area contributed by atoms with Crippen LogP contribution in [-0.4, -0.2) is 44.7 Å². The second-order valence-corrected chi connectivity index (χ2v) is 5.07. The molecule has 0 bridgehead atoms. The van der Waals surface area contributed by atoms with E-state index < -0.39 is 36.1 Å². The topological polar surface area (TPSA) is 98.0 Å². The predicted octanol–water partition coefficient (Wildman–Crippen LogP) is 0.540. The fourth-order valence-electron chi connectivity index (χ4n) is 2.49. The van der Waals surface area contributed by atoms with Gasteiger partial charge in [-0.2, -0.15) is 0 Å². The van der Waals surface area contributed by atoms with Gasteiger partial charge >= 0.3 is 5.97 Å². The lowest BCUT2D eigenvalue weighted by molar-refractivity contribution is -0.139. The summed E-state index contributed by atoms with van der Waals surface area (Å²) in [4.78, 5) is 10.8. The van der Waals surface area contributed by atoms with Gasteiger partial charge in [0.1, 0.15) is 0 Å². The van der Waals surface area contributed by atoms with E-state index >= 15 is 0 Å². The van der Waals surface area contributed by atoms with Crippen LogP contribution in [0.3, 0.4) is 0 Å². The van der Waals surface area contributed by atoms with E-state index in [1.807, 2.05) is 6.92 Å². The molecule has 1 aliphatic rings. The highest BCUT2D eigenvalue weighted by atomic mass is 16.4. The molecule has 5 heteroatoms. The summed E-state index contributed by atoms with van der Waals surface area (Å²) in [7, 11) is 0. The molecule has 0 amide bonds. The van der Waals surface area contributed by atoms with Gasteiger partial charge in [0.25, 0.3) is 0 Å². The molecule has 1 saturated carbocycles. The molecule has 0 aromatic heterocycles. The van der Waals surface area contributed by atoms with Crippen molar-refractivity contribution in [2.45, 2.75) is 50.9 Å². The van der Waals surface area contributed by atoms with Gasteiger partial charge in [0.05, 0.1) is 24.7 Å². The highest BCUT2D eigenvalue weighted by Gasteiger charge is 2.41. The quantitative estimate of drug-likeness (QED) is 0.436. The third-order valence-corrected chi connectivity index (χ3v) is 3.49. The zero-order valence-corrected chi connectivity index (χ0v) is 11.6. The van der Waals surface area contributed by atoms with Gasteiger partial charge in [0.2, 0.25) is 0 Å². The zero-order chi connectivity index (χ0) is 15.1. The fourth-order valence-corrected chi connectivity index (χ4v) is 2.49. The molecule has 20 heavy (non-hydrogen) atoms. The summed E-state index contributed by atoms with van der Waals surface area (Å²) in [5.74, 6) is 3.69. The third kappa shape index (κ3) is 4.97. The van der Waals surface area contributed by atoms with Gasteiger partial charge in [-0.1, -0.05) is 19.1 Å². The maximum atomic E-state index is 10.8. The maximum Gasteiger partial charge on any atom is 0.303 e. The van der Waals surface area contributed by atoms with Gasteiger partial charge in [-0.05, 0) is 0 Å². The Balaban J connectivity index is 2.64. The minimum atomic E-state index is -1.00. The van der Waals surface area contributed by atoms with E-state index in [1.54, 1.807) is 6.08 Å². The summed E-state index contributed by atoms with van der Waals surface area (Å²) in [5.41, 5.74) is 0. The molecule has 0 aromatic carbocycles. The van der Waals surface area contributed by atoms with Crippen LogP contribution in [0.5, 0.6) is 0 Å². The van der Waals surface area contributed by atoms with Crippen molar-refractivity contribution < 1.29 is 25.2 Å². The molecule has 0 heterocycles. The minimum absolute atomic E-state index is 0.165. The van der Waals surface area contributed by atoms with Gasteiger partial charge in [0, 0.05) is 31.1 Å². The van der Waals surface area contributed by atoms with Crippen LogP contribution in [0.1, 0.15) is 32.6 Å². The summed E-state index contributed by atoms with van der Waals surface area (Å²) in [6.45, 7) is 1.92. The van der Waals surface area contributed by atoms with E-state index in [4.69, 9.17) is 5.11 Å². The van der Waals surface area contributed by atoms with Gasteiger partial charge in [0.15, 0.2) is 0 Å². The van der Waals surface area contributed by atoms with Crippen molar-refractivity contribution in [3.05, 3.63) is 12.2 Å². The molecule has 0 spiro atoms. The molecular weight excluding hydrogens is 260 g/mol. The fraction of sp³-hybridized carbons (Fsp3) is 0.667. The number of aliphatic hydroxyl groups is 3. The molecule has 1 rings (SSSR count). The zero-order valence-electron chi connectivity index (χ0n) is 11.6. The van der Waals surface area contributed by atoms with Crippen LogP contribution >= 0.6 is 0 Å². The van der Waals surface area contributed by atoms with Crippen LogP contribution in [0, 0.1) is 23.7 Å². The standard InChI is InChI=1S/C15H22O5/c1-2-3-4-5-10(16)6-7-11-12(8-15(19)20)14(18)9-13(11)17/h6-7,10-14,16-18H,2,5,8-9H2,1H3,(H,19,20)/t10-,11+,12+,13+,14-/m0/s1. The summed E-state index contributed by atoms with van der Waals surface area (Å²) in [6.07, 6.45) is 1.77. The Bertz CT molecular complexity index is 406. The Morgan fingerprint density at radius 3 is 2.65 bits per heavy atom. The first-order valence-corrected chi connectivity index (χ1v) is 6.85. The predicted molar refractivity (Wildman–Crippen MR) is 73.7 cm³/mol. The van der Waals surface area contributed by atoms with E-state index in [9.17, 15) is 20.1 Å². The number of carboxylic acid groups (broad SMARTS) is 1. The summed E-state index contributed by atoms with van der Waals surface area (Å²) in [5, 5.41) is 38.2. The molecule has 4 N–H and O–H groups in total. The number of aliphatic carboxylic acids is 1. The van der Waals surface area contributed by atoms with E-state index in [-0.39, 0.29) is 12.8 Å². The monoisotopic (exact) mass is 282 g/mol. The molecule has 0 aromatic rings. The molecule has 0 aliphatic heterocycles. The lowest BCUT2D eigenvalue weighted by Gasteiger charge is -2.18. The van der Waals surface area contributed by atoms with Crippen LogP contribution in [0.4, 0.5) is 0 Å². The Morgan fingerprint density at radius 2 is 2.05 bits per heavy atom. The number of hydrogen-bond acceptors (Lipinski definition) is 4. The van der Waals surface area contributed by atoms with Gasteiger partial charge in [-0.3, -0.25) is 4.79 Å². The van der Waals surface area contributed by atoms with E-state index in [0.717, 1.165) is 6.42 Å². The Hall–Kier alpha value is -1.35. The summed E-state index contributed by atoms with van der Waals surface area (Å²) in [6, 6.07) is 0. The molecule has 0 unspecified atom stereocenters. The normalized spacial score (nSPS) is 31.0. The molecule has 5 nitrogen and oxygen atoms in total. The van der Waals surface area contributed by atoms with E-state index in [0.29, 0.717) is 6.42 Å². The van der Waals surface area contributed by atoms with Crippen molar-refractivity contribution >= 4 is 5.97 Å². The third-order valence-electron chi connectivity index (χ3n) is 3.49. The Kier molecular flexibility index (Phi) is 6.73. The van der Waals surface area contributed by atoms with Crippen LogP contribution in [-0.2, 0) is 4.79 Å². The first kappa shape index (κ1) is 16.7. The number of carboxylic acids is 1. The van der Waals surface area contributed by atoms with Crippen molar-refractivity contribution in [1.82, 2.24) is 0 Å². The molecule has 1 fully saturated rings. The van der Waals surface area contributed by atoms with Crippen molar-refractivity contribution in [2.75, 3.05) is 0 Å². The molecule has 0 radical (unpaired) electrons. The molecular formula is C15H22O5. The van der Waals surface area contributed by atoms with Crippen molar-refractivity contribution in [1.29, 1.82) is 0 Å². The van der Waals surface area contributed by atoms with Gasteiger partial charge in [-0.15, -0.1) is 11.8 Å². The number of hydrogen-bond donors (Lipinski definition) is 4. The van der Waals surface area contributed by atoms with Crippen LogP contribution < -0.4 is 0 Å². The Morgan fingerprint density at radius 1 is 1.35 bits per heavy atom. The molecule has 1 aliphatic carbocycles. The maximum absolute atomic E-state index is 10.8. The average molecular weight is 282 g/mol. The lowest BCUT2D eigenvalue weighted by Crippen LogP contribution is -2.23. The van der Waals surface area contributed by atoms with Crippen molar-refractivity contribution in [3.8, 4) is 11.8 Å². The highest BCUT2D eigenvalue weighted by Crippen LogP contribution is 2.36. The van der Waals surface area contributed by atoms with Crippen molar-refractivity contribution in [2.24, 2.45) is 11.8 Å². The summed E-state index contributed by atoms with van der Waals surface area (Å²) >= 11 is 0. The van der Waals surface area contributed by atoms with E-state index in [1.165, 1.54) is 6.08 Å². The van der Waals surface area contributed by atoms with Gasteiger partial charge in [-0.25, -0.2) is 0 Å². The smallest absolute Gasteiger partial charge is 0.303 e. The number of rotatable bonds is 5. The second-order valence-electron chi connectivity index (χ2n) is 5.07. The number of carbonyl (C=O) groups is 1. The molecule has 112 valence electrons. The first-order valence-electron chi connectivity index (χ1n) is 6.85. The Labute approximate surface area is 118 Å². The van der Waals surface area contributed by atoms with Crippen LogP contribution in [0.25, 0.3) is 0 Å². The minimum Gasteiger partial charge on any atom is -0.481 e. The van der Waals surface area contributed by atoms with E-state index in [2.05, 4.69) is 11.8 Å².